The van der Waals surface area contributed by atoms with Crippen molar-refractivity contribution in [1.82, 2.24) is 0 Å². The van der Waals surface area contributed by atoms with Gasteiger partial charge in [0.25, 0.3) is 0 Å². The van der Waals surface area contributed by atoms with Crippen LogP contribution in [0.15, 0.2) is 17.3 Å². The fourth-order valence-corrected chi connectivity index (χ4v) is 1.11. The molecular formula is C9H8F2N2O2. The molecule has 0 bridgehead atoms. The second kappa shape index (κ2) is 4.59. The number of alkyl halides is 1. The van der Waals surface area contributed by atoms with E-state index in [1.54, 1.807) is 0 Å². The Hall–Kier alpha value is -1.85. The third kappa shape index (κ3) is 2.34. The highest BCUT2D eigenvalue weighted by Crippen LogP contribution is 2.28. The average molecular weight is 214 g/mol. The Morgan fingerprint density at radius 3 is 2.67 bits per heavy atom. The minimum absolute atomic E-state index is 0.164. The van der Waals surface area contributed by atoms with E-state index < -0.39 is 24.0 Å². The van der Waals surface area contributed by atoms with Crippen LogP contribution in [0.25, 0.3) is 0 Å². The third-order valence-electron chi connectivity index (χ3n) is 1.76. The Kier molecular flexibility index (Phi) is 3.43. The van der Waals surface area contributed by atoms with Crippen molar-refractivity contribution in [1.29, 1.82) is 0 Å². The molecule has 0 aliphatic heterocycles. The van der Waals surface area contributed by atoms with E-state index in [4.69, 9.17) is 0 Å². The van der Waals surface area contributed by atoms with Crippen molar-refractivity contribution in [3.8, 4) is 0 Å². The van der Waals surface area contributed by atoms with Crippen LogP contribution in [0.4, 0.5) is 20.2 Å². The number of nitroso groups, excluding NO2 is 1. The molecule has 0 aliphatic carbocycles. The quantitative estimate of drug-likeness (QED) is 0.786. The number of benzene rings is 1. The van der Waals surface area contributed by atoms with Crippen molar-refractivity contribution in [3.05, 3.63) is 28.4 Å². The third-order valence-corrected chi connectivity index (χ3v) is 1.76. The highest BCUT2D eigenvalue weighted by atomic mass is 19.1. The van der Waals surface area contributed by atoms with E-state index in [9.17, 15) is 18.5 Å². The van der Waals surface area contributed by atoms with Crippen LogP contribution in [0.5, 0.6) is 0 Å². The highest BCUT2D eigenvalue weighted by Gasteiger charge is 2.14. The maximum atomic E-state index is 13.4. The molecule has 0 atom stereocenters. The summed E-state index contributed by atoms with van der Waals surface area (Å²) in [6.07, 6.45) is 0. The Labute approximate surface area is 84.3 Å². The summed E-state index contributed by atoms with van der Waals surface area (Å²) < 4.78 is 25.8. The summed E-state index contributed by atoms with van der Waals surface area (Å²) in [4.78, 5) is 20.9. The number of rotatable bonds is 3. The van der Waals surface area contributed by atoms with Gasteiger partial charge in [0.15, 0.2) is 5.82 Å². The van der Waals surface area contributed by atoms with E-state index in [1.807, 2.05) is 0 Å². The Balaban J connectivity index is 3.22. The van der Waals surface area contributed by atoms with Crippen LogP contribution in [0, 0.1) is 10.7 Å². The SMILES string of the molecule is CC(=O)Nc1ccc(N=O)c(CF)c1F. The summed E-state index contributed by atoms with van der Waals surface area (Å²) in [5.41, 5.74) is -0.914. The number of carbonyl (C=O) groups excluding carboxylic acids is 1. The number of carbonyl (C=O) groups is 1. The number of nitrogens with one attached hydrogen (secondary N) is 1. The molecule has 80 valence electrons. The van der Waals surface area contributed by atoms with Gasteiger partial charge >= 0.3 is 0 Å². The van der Waals surface area contributed by atoms with Gasteiger partial charge in [-0.05, 0) is 17.3 Å². The van der Waals surface area contributed by atoms with Crippen molar-refractivity contribution in [3.63, 3.8) is 0 Å². The zero-order valence-electron chi connectivity index (χ0n) is 7.88. The molecule has 0 radical (unpaired) electrons. The lowest BCUT2D eigenvalue weighted by Crippen LogP contribution is -2.08. The molecule has 0 saturated heterocycles. The number of hydrogen-bond acceptors (Lipinski definition) is 3. The van der Waals surface area contributed by atoms with E-state index in [0.29, 0.717) is 0 Å². The Bertz CT molecular complexity index is 407. The lowest BCUT2D eigenvalue weighted by molar-refractivity contribution is -0.114. The molecule has 0 aromatic heterocycles. The molecule has 0 heterocycles. The molecule has 15 heavy (non-hydrogen) atoms. The molecule has 1 N–H and O–H groups in total. The number of hydrogen-bond donors (Lipinski definition) is 1. The average Bonchev–Trinajstić information content (AvgIpc) is 2.20. The standard InChI is InChI=1S/C9H8F2N2O2/c1-5(14)12-8-3-2-7(13-15)6(4-10)9(8)11/h2-3H,4H2,1H3,(H,12,14). The summed E-state index contributed by atoms with van der Waals surface area (Å²) in [5, 5.41) is 4.65. The first-order valence-electron chi connectivity index (χ1n) is 4.08. The van der Waals surface area contributed by atoms with E-state index in [2.05, 4.69) is 10.5 Å². The van der Waals surface area contributed by atoms with Gasteiger partial charge in [-0.25, -0.2) is 8.78 Å². The molecule has 0 saturated carbocycles. The summed E-state index contributed by atoms with van der Waals surface area (Å²) in [7, 11) is 0. The van der Waals surface area contributed by atoms with Gasteiger partial charge in [0, 0.05) is 6.92 Å². The number of amides is 1. The first-order chi connectivity index (χ1) is 7.10. The van der Waals surface area contributed by atoms with Crippen molar-refractivity contribution in [2.45, 2.75) is 13.6 Å². The Morgan fingerprint density at radius 1 is 1.53 bits per heavy atom. The van der Waals surface area contributed by atoms with Crippen LogP contribution in [0.2, 0.25) is 0 Å². The lowest BCUT2D eigenvalue weighted by atomic mass is 10.1. The van der Waals surface area contributed by atoms with Gasteiger partial charge in [0.05, 0.1) is 11.3 Å². The molecule has 1 rings (SSSR count). The minimum atomic E-state index is -1.15. The highest BCUT2D eigenvalue weighted by molar-refractivity contribution is 5.89. The molecule has 0 fully saturated rings. The fraction of sp³-hybridized carbons (Fsp3) is 0.222. The van der Waals surface area contributed by atoms with Crippen LogP contribution < -0.4 is 5.32 Å². The molecule has 1 aromatic carbocycles. The summed E-state index contributed by atoms with van der Waals surface area (Å²) in [6, 6.07) is 2.31. The van der Waals surface area contributed by atoms with Crippen molar-refractivity contribution < 1.29 is 13.6 Å². The maximum Gasteiger partial charge on any atom is 0.221 e. The van der Waals surface area contributed by atoms with Crippen molar-refractivity contribution in [2.24, 2.45) is 5.18 Å². The molecule has 1 aromatic rings. The predicted molar refractivity (Wildman–Crippen MR) is 51.0 cm³/mol. The Morgan fingerprint density at radius 2 is 2.20 bits per heavy atom. The van der Waals surface area contributed by atoms with Gasteiger partial charge in [0.1, 0.15) is 12.4 Å². The molecule has 0 aliphatic rings. The first-order valence-corrected chi connectivity index (χ1v) is 4.08. The van der Waals surface area contributed by atoms with Crippen LogP contribution in [0.3, 0.4) is 0 Å². The van der Waals surface area contributed by atoms with Gasteiger partial charge < -0.3 is 5.32 Å². The monoisotopic (exact) mass is 214 g/mol. The summed E-state index contributed by atoms with van der Waals surface area (Å²) >= 11 is 0. The molecule has 4 nitrogen and oxygen atoms in total. The first kappa shape index (κ1) is 11.2. The van der Waals surface area contributed by atoms with E-state index in [-0.39, 0.29) is 11.4 Å². The molecular weight excluding hydrogens is 206 g/mol. The van der Waals surface area contributed by atoms with Gasteiger partial charge in [-0.2, -0.15) is 0 Å². The molecule has 0 unspecified atom stereocenters. The second-order valence-corrected chi connectivity index (χ2v) is 2.83. The molecule has 0 spiro atoms. The summed E-state index contributed by atoms with van der Waals surface area (Å²) in [5.74, 6) is -1.45. The fourth-order valence-electron chi connectivity index (χ4n) is 1.11. The predicted octanol–water partition coefficient (Wildman–Crippen LogP) is 2.65. The largest absolute Gasteiger partial charge is 0.324 e. The van der Waals surface area contributed by atoms with Crippen LogP contribution in [-0.4, -0.2) is 5.91 Å². The van der Waals surface area contributed by atoms with Gasteiger partial charge in [-0.3, -0.25) is 4.79 Å². The lowest BCUT2D eigenvalue weighted by Gasteiger charge is -2.07. The van der Waals surface area contributed by atoms with Crippen molar-refractivity contribution >= 4 is 17.3 Å². The van der Waals surface area contributed by atoms with Gasteiger partial charge in [-0.15, -0.1) is 4.91 Å². The van der Waals surface area contributed by atoms with Crippen LogP contribution >= 0.6 is 0 Å². The zero-order chi connectivity index (χ0) is 11.4. The van der Waals surface area contributed by atoms with E-state index >= 15 is 0 Å². The topological polar surface area (TPSA) is 58.5 Å². The molecule has 1 amide bonds. The number of anilines is 1. The minimum Gasteiger partial charge on any atom is -0.324 e. The number of halogens is 2. The van der Waals surface area contributed by atoms with Gasteiger partial charge in [0.2, 0.25) is 5.91 Å². The van der Waals surface area contributed by atoms with Crippen LogP contribution in [-0.2, 0) is 11.5 Å². The zero-order valence-corrected chi connectivity index (χ0v) is 7.88. The van der Waals surface area contributed by atoms with Crippen LogP contribution in [0.1, 0.15) is 12.5 Å². The normalized spacial score (nSPS) is 9.80. The second-order valence-electron chi connectivity index (χ2n) is 2.83. The smallest absolute Gasteiger partial charge is 0.221 e. The summed E-state index contributed by atoms with van der Waals surface area (Å²) in [6.45, 7) is 0.0424. The number of nitrogens with zero attached hydrogens (tertiary/aromatic N) is 1. The van der Waals surface area contributed by atoms with E-state index in [1.165, 1.54) is 6.92 Å². The van der Waals surface area contributed by atoms with E-state index in [0.717, 1.165) is 12.1 Å². The van der Waals surface area contributed by atoms with Crippen molar-refractivity contribution in [2.75, 3.05) is 5.32 Å². The molecule has 6 heteroatoms. The van der Waals surface area contributed by atoms with Gasteiger partial charge in [-0.1, -0.05) is 0 Å². The maximum absolute atomic E-state index is 13.4.